The number of carbonyl (C=O) groups excluding carboxylic acids is 1. The zero-order valence-electron chi connectivity index (χ0n) is 19.5. The van der Waals surface area contributed by atoms with Crippen LogP contribution in [0.2, 0.25) is 0 Å². The van der Waals surface area contributed by atoms with Crippen LogP contribution in [0.4, 0.5) is 0 Å². The van der Waals surface area contributed by atoms with Crippen molar-refractivity contribution in [2.24, 2.45) is 4.99 Å². The van der Waals surface area contributed by atoms with E-state index >= 15 is 0 Å². The molecule has 2 N–H and O–H groups in total. The fourth-order valence-corrected chi connectivity index (χ4v) is 4.69. The molecule has 1 aliphatic heterocycles. The summed E-state index contributed by atoms with van der Waals surface area (Å²) in [4.78, 5) is 21.6. The number of carbonyl (C=O) groups is 1. The Kier molecular flexibility index (Phi) is 5.03. The minimum Gasteiger partial charge on any atom is -0.358 e. The Labute approximate surface area is 202 Å². The van der Waals surface area contributed by atoms with Crippen LogP contribution < -0.4 is 5.32 Å². The number of aryl methyl sites for hydroxylation is 2. The van der Waals surface area contributed by atoms with Gasteiger partial charge in [-0.15, -0.1) is 10.2 Å². The van der Waals surface area contributed by atoms with Gasteiger partial charge in [-0.25, -0.2) is 0 Å². The number of rotatable bonds is 4. The molecule has 3 aromatic carbocycles. The molecule has 0 saturated carbocycles. The van der Waals surface area contributed by atoms with E-state index in [9.17, 15) is 4.79 Å². The van der Waals surface area contributed by atoms with Crippen molar-refractivity contribution in [3.05, 3.63) is 113 Å². The summed E-state index contributed by atoms with van der Waals surface area (Å²) in [5.74, 6) is 1.18. The lowest BCUT2D eigenvalue weighted by Crippen LogP contribution is -2.30. The summed E-state index contributed by atoms with van der Waals surface area (Å²) in [5.41, 5.74) is 6.73. The fourth-order valence-electron chi connectivity index (χ4n) is 4.69. The van der Waals surface area contributed by atoms with Gasteiger partial charge in [-0.1, -0.05) is 60.2 Å². The SMILES string of the molecule is Cc1ccc2[nH]c(CC(=O)NC3N=C(c4ccccc4)c4ccccc4-n4c(C)nnc43)cc2c1. The third-order valence-electron chi connectivity index (χ3n) is 6.28. The molecule has 7 nitrogen and oxygen atoms in total. The zero-order valence-corrected chi connectivity index (χ0v) is 19.5. The van der Waals surface area contributed by atoms with Gasteiger partial charge in [0.1, 0.15) is 5.82 Å². The average molecular weight is 461 g/mol. The predicted octanol–water partition coefficient (Wildman–Crippen LogP) is 4.57. The van der Waals surface area contributed by atoms with Gasteiger partial charge in [-0.3, -0.25) is 14.4 Å². The highest BCUT2D eigenvalue weighted by Gasteiger charge is 2.29. The van der Waals surface area contributed by atoms with Crippen LogP contribution in [-0.4, -0.2) is 31.4 Å². The summed E-state index contributed by atoms with van der Waals surface area (Å²) in [5, 5.41) is 12.9. The highest BCUT2D eigenvalue weighted by Crippen LogP contribution is 2.29. The van der Waals surface area contributed by atoms with Gasteiger partial charge in [0.2, 0.25) is 5.91 Å². The van der Waals surface area contributed by atoms with Crippen molar-refractivity contribution in [3.8, 4) is 5.69 Å². The van der Waals surface area contributed by atoms with Crippen molar-refractivity contribution in [1.82, 2.24) is 25.1 Å². The Morgan fingerprint density at radius 2 is 1.77 bits per heavy atom. The van der Waals surface area contributed by atoms with Gasteiger partial charge in [-0.2, -0.15) is 0 Å². The van der Waals surface area contributed by atoms with Gasteiger partial charge in [0, 0.05) is 22.3 Å². The number of amides is 1. The van der Waals surface area contributed by atoms with Crippen molar-refractivity contribution >= 4 is 22.5 Å². The largest absolute Gasteiger partial charge is 0.358 e. The van der Waals surface area contributed by atoms with Gasteiger partial charge in [0.15, 0.2) is 12.0 Å². The molecule has 1 amide bonds. The maximum Gasteiger partial charge on any atom is 0.227 e. The van der Waals surface area contributed by atoms with Crippen LogP contribution in [0.1, 0.15) is 40.2 Å². The van der Waals surface area contributed by atoms with Gasteiger partial charge >= 0.3 is 0 Å². The number of hydrogen-bond donors (Lipinski definition) is 2. The van der Waals surface area contributed by atoms with E-state index in [1.165, 1.54) is 5.56 Å². The summed E-state index contributed by atoms with van der Waals surface area (Å²) in [6.45, 7) is 3.97. The number of aliphatic imine (C=N–C) groups is 1. The molecular formula is C28H24N6O. The Morgan fingerprint density at radius 1 is 0.971 bits per heavy atom. The molecule has 1 aliphatic rings. The molecule has 1 unspecified atom stereocenters. The summed E-state index contributed by atoms with van der Waals surface area (Å²) < 4.78 is 1.98. The summed E-state index contributed by atoms with van der Waals surface area (Å²) in [6.07, 6.45) is -0.474. The molecule has 0 fully saturated rings. The van der Waals surface area contributed by atoms with E-state index in [1.807, 2.05) is 78.2 Å². The second-order valence-corrected chi connectivity index (χ2v) is 8.83. The molecule has 0 radical (unpaired) electrons. The van der Waals surface area contributed by atoms with E-state index in [-0.39, 0.29) is 12.3 Å². The number of nitrogens with zero attached hydrogens (tertiary/aromatic N) is 4. The lowest BCUT2D eigenvalue weighted by molar-refractivity contribution is -0.121. The van der Waals surface area contributed by atoms with E-state index in [1.54, 1.807) is 0 Å². The number of H-pyrrole nitrogens is 1. The lowest BCUT2D eigenvalue weighted by Gasteiger charge is -2.14. The summed E-state index contributed by atoms with van der Waals surface area (Å²) >= 11 is 0. The molecule has 0 bridgehead atoms. The van der Waals surface area contributed by atoms with Crippen LogP contribution in [0.25, 0.3) is 16.6 Å². The van der Waals surface area contributed by atoms with Crippen molar-refractivity contribution in [3.63, 3.8) is 0 Å². The fraction of sp³-hybridized carbons (Fsp3) is 0.143. The van der Waals surface area contributed by atoms with E-state index in [0.29, 0.717) is 5.82 Å². The van der Waals surface area contributed by atoms with Crippen molar-refractivity contribution in [2.75, 3.05) is 0 Å². The van der Waals surface area contributed by atoms with E-state index < -0.39 is 6.17 Å². The van der Waals surface area contributed by atoms with E-state index in [4.69, 9.17) is 4.99 Å². The molecule has 1 atom stereocenters. The predicted molar refractivity (Wildman–Crippen MR) is 136 cm³/mol. The van der Waals surface area contributed by atoms with Gasteiger partial charge in [0.05, 0.1) is 17.8 Å². The molecule has 0 aliphatic carbocycles. The summed E-state index contributed by atoms with van der Waals surface area (Å²) in [7, 11) is 0. The topological polar surface area (TPSA) is 88.0 Å². The minimum absolute atomic E-state index is 0.146. The first-order valence-electron chi connectivity index (χ1n) is 11.6. The normalized spacial score (nSPS) is 14.7. The third-order valence-corrected chi connectivity index (χ3v) is 6.28. The van der Waals surface area contributed by atoms with Crippen LogP contribution >= 0.6 is 0 Å². The Hall–Kier alpha value is -4.52. The standard InChI is InChI=1S/C28H24N6O/c1-17-12-13-23-20(14-17)15-21(29-23)16-25(35)30-27-28-33-32-18(2)34(28)24-11-7-6-10-22(24)26(31-27)19-8-4-3-5-9-19/h3-15,27,29H,16H2,1-2H3,(H,30,35). The van der Waals surface area contributed by atoms with Gasteiger partial charge in [0.25, 0.3) is 0 Å². The van der Waals surface area contributed by atoms with Crippen LogP contribution in [0.15, 0.2) is 83.9 Å². The van der Waals surface area contributed by atoms with Crippen LogP contribution in [0.3, 0.4) is 0 Å². The molecule has 6 rings (SSSR count). The summed E-state index contributed by atoms with van der Waals surface area (Å²) in [6, 6.07) is 26.3. The number of aromatic amines is 1. The quantitative estimate of drug-likeness (QED) is 0.412. The number of benzene rings is 3. The van der Waals surface area contributed by atoms with Gasteiger partial charge in [-0.05, 0) is 43.5 Å². The van der Waals surface area contributed by atoms with Crippen molar-refractivity contribution in [1.29, 1.82) is 0 Å². The number of fused-ring (bicyclic) bond motifs is 4. The third kappa shape index (κ3) is 3.81. The van der Waals surface area contributed by atoms with E-state index in [0.717, 1.165) is 44.9 Å². The molecule has 35 heavy (non-hydrogen) atoms. The molecule has 0 spiro atoms. The minimum atomic E-state index is -0.682. The molecule has 0 saturated heterocycles. The highest BCUT2D eigenvalue weighted by atomic mass is 16.1. The number of para-hydroxylation sites is 1. The molecule has 2 aromatic heterocycles. The second kappa shape index (κ2) is 8.36. The number of nitrogens with one attached hydrogen (secondary N) is 2. The zero-order chi connectivity index (χ0) is 23.9. The monoisotopic (exact) mass is 460 g/mol. The number of hydrogen-bond acceptors (Lipinski definition) is 4. The Balaban J connectivity index is 1.39. The smallest absolute Gasteiger partial charge is 0.227 e. The maximum atomic E-state index is 13.2. The van der Waals surface area contributed by atoms with Crippen molar-refractivity contribution in [2.45, 2.75) is 26.4 Å². The molecule has 5 aromatic rings. The second-order valence-electron chi connectivity index (χ2n) is 8.83. The van der Waals surface area contributed by atoms with Crippen molar-refractivity contribution < 1.29 is 4.79 Å². The molecule has 3 heterocycles. The Bertz CT molecular complexity index is 1590. The maximum absolute atomic E-state index is 13.2. The van der Waals surface area contributed by atoms with E-state index in [2.05, 4.69) is 39.6 Å². The van der Waals surface area contributed by atoms with Gasteiger partial charge < -0.3 is 10.3 Å². The first kappa shape index (κ1) is 21.0. The highest BCUT2D eigenvalue weighted by molar-refractivity contribution is 6.15. The molecular weight excluding hydrogens is 436 g/mol. The first-order chi connectivity index (χ1) is 17.1. The van der Waals surface area contributed by atoms with Crippen LogP contribution in [0.5, 0.6) is 0 Å². The van der Waals surface area contributed by atoms with Crippen LogP contribution in [-0.2, 0) is 11.2 Å². The lowest BCUT2D eigenvalue weighted by atomic mass is 10.0. The molecule has 172 valence electrons. The number of aromatic nitrogens is 4. The first-order valence-corrected chi connectivity index (χ1v) is 11.6. The average Bonchev–Trinajstić information content (AvgIpc) is 3.40. The van der Waals surface area contributed by atoms with Crippen LogP contribution in [0, 0.1) is 13.8 Å². The Morgan fingerprint density at radius 3 is 2.63 bits per heavy atom. The molecule has 7 heteroatoms.